The SMILES string of the molecule is CC(C)(C)OC(=O)N1CCN(C(=O)CC2NC(=O)c3ccccc3NC2=O)CC1. The van der Waals surface area contributed by atoms with Crippen LogP contribution >= 0.6 is 0 Å². The van der Waals surface area contributed by atoms with Gasteiger partial charge in [-0.3, -0.25) is 14.4 Å². The first-order valence-electron chi connectivity index (χ1n) is 9.60. The van der Waals surface area contributed by atoms with Gasteiger partial charge in [-0.05, 0) is 32.9 Å². The first kappa shape index (κ1) is 20.6. The normalized spacial score (nSPS) is 19.6. The van der Waals surface area contributed by atoms with Crippen LogP contribution in [0.4, 0.5) is 10.5 Å². The molecule has 2 aliphatic rings. The molecule has 4 amide bonds. The van der Waals surface area contributed by atoms with Gasteiger partial charge in [0, 0.05) is 26.2 Å². The Bertz CT molecular complexity index is 824. The van der Waals surface area contributed by atoms with Crippen LogP contribution in [0.25, 0.3) is 0 Å². The van der Waals surface area contributed by atoms with Gasteiger partial charge in [-0.15, -0.1) is 0 Å². The minimum absolute atomic E-state index is 0.141. The predicted octanol–water partition coefficient (Wildman–Crippen LogP) is 1.21. The maximum Gasteiger partial charge on any atom is 0.410 e. The lowest BCUT2D eigenvalue weighted by Gasteiger charge is -2.36. The Labute approximate surface area is 169 Å². The number of benzene rings is 1. The monoisotopic (exact) mass is 402 g/mol. The number of nitrogens with zero attached hydrogens (tertiary/aromatic N) is 2. The molecule has 0 radical (unpaired) electrons. The van der Waals surface area contributed by atoms with E-state index in [0.29, 0.717) is 37.4 Å². The van der Waals surface area contributed by atoms with Crippen molar-refractivity contribution in [3.05, 3.63) is 29.8 Å². The number of ether oxygens (including phenoxy) is 1. The average molecular weight is 402 g/mol. The Hall–Kier alpha value is -3.10. The molecule has 2 aliphatic heterocycles. The number of piperazine rings is 1. The first-order chi connectivity index (χ1) is 13.6. The molecule has 0 aromatic heterocycles. The lowest BCUT2D eigenvalue weighted by atomic mass is 10.1. The van der Waals surface area contributed by atoms with Gasteiger partial charge in [-0.25, -0.2) is 4.79 Å². The number of amides is 4. The number of nitrogens with one attached hydrogen (secondary N) is 2. The third kappa shape index (κ3) is 5.04. The topological polar surface area (TPSA) is 108 Å². The van der Waals surface area contributed by atoms with E-state index < -0.39 is 29.6 Å². The van der Waals surface area contributed by atoms with Crippen LogP contribution in [-0.4, -0.2) is 71.4 Å². The summed E-state index contributed by atoms with van der Waals surface area (Å²) in [5.41, 5.74) is 0.213. The third-order valence-electron chi connectivity index (χ3n) is 4.71. The van der Waals surface area contributed by atoms with Crippen molar-refractivity contribution in [1.82, 2.24) is 15.1 Å². The Morgan fingerprint density at radius 1 is 1.07 bits per heavy atom. The number of hydrogen-bond donors (Lipinski definition) is 2. The van der Waals surface area contributed by atoms with Crippen LogP contribution in [0.15, 0.2) is 24.3 Å². The molecule has 9 nitrogen and oxygen atoms in total. The van der Waals surface area contributed by atoms with Gasteiger partial charge in [0.1, 0.15) is 11.6 Å². The van der Waals surface area contributed by atoms with Crippen LogP contribution in [0, 0.1) is 0 Å². The average Bonchev–Trinajstić information content (AvgIpc) is 2.77. The zero-order valence-corrected chi connectivity index (χ0v) is 16.9. The van der Waals surface area contributed by atoms with Gasteiger partial charge in [0.25, 0.3) is 5.91 Å². The van der Waals surface area contributed by atoms with Gasteiger partial charge < -0.3 is 25.2 Å². The van der Waals surface area contributed by atoms with Gasteiger partial charge in [0.05, 0.1) is 17.7 Å². The second kappa shape index (κ2) is 8.10. The molecule has 1 aromatic rings. The second-order valence-electron chi connectivity index (χ2n) is 8.11. The van der Waals surface area contributed by atoms with Crippen LogP contribution < -0.4 is 10.6 Å². The quantitative estimate of drug-likeness (QED) is 0.773. The molecule has 3 rings (SSSR count). The molecule has 2 N–H and O–H groups in total. The van der Waals surface area contributed by atoms with Crippen LogP contribution in [0.2, 0.25) is 0 Å². The van der Waals surface area contributed by atoms with E-state index in [9.17, 15) is 19.2 Å². The van der Waals surface area contributed by atoms with E-state index in [1.807, 2.05) is 0 Å². The maximum absolute atomic E-state index is 12.7. The van der Waals surface area contributed by atoms with E-state index in [1.165, 1.54) is 0 Å². The molecule has 0 aliphatic carbocycles. The molecule has 9 heteroatoms. The summed E-state index contributed by atoms with van der Waals surface area (Å²) in [5, 5.41) is 5.32. The summed E-state index contributed by atoms with van der Waals surface area (Å²) in [7, 11) is 0. The largest absolute Gasteiger partial charge is 0.444 e. The molecule has 1 saturated heterocycles. The fourth-order valence-electron chi connectivity index (χ4n) is 3.22. The second-order valence-corrected chi connectivity index (χ2v) is 8.11. The highest BCUT2D eigenvalue weighted by Crippen LogP contribution is 2.19. The molecular weight excluding hydrogens is 376 g/mol. The maximum atomic E-state index is 12.7. The number of hydrogen-bond acceptors (Lipinski definition) is 5. The highest BCUT2D eigenvalue weighted by molar-refractivity contribution is 6.10. The molecule has 29 heavy (non-hydrogen) atoms. The number of carbonyl (C=O) groups excluding carboxylic acids is 4. The summed E-state index contributed by atoms with van der Waals surface area (Å²) in [6.07, 6.45) is -0.546. The van der Waals surface area contributed by atoms with Crippen molar-refractivity contribution < 1.29 is 23.9 Å². The number of carbonyl (C=O) groups is 4. The summed E-state index contributed by atoms with van der Waals surface area (Å²) >= 11 is 0. The molecule has 2 heterocycles. The highest BCUT2D eigenvalue weighted by atomic mass is 16.6. The summed E-state index contributed by atoms with van der Waals surface area (Å²) in [4.78, 5) is 52.8. The van der Waals surface area contributed by atoms with E-state index in [-0.39, 0.29) is 12.3 Å². The first-order valence-corrected chi connectivity index (χ1v) is 9.60. The van der Waals surface area contributed by atoms with Crippen molar-refractivity contribution in [3.8, 4) is 0 Å². The molecular formula is C20H26N4O5. The Balaban J connectivity index is 1.56. The molecule has 1 atom stereocenters. The van der Waals surface area contributed by atoms with Crippen molar-refractivity contribution in [3.63, 3.8) is 0 Å². The summed E-state index contributed by atoms with van der Waals surface area (Å²) in [6.45, 7) is 6.81. The van der Waals surface area contributed by atoms with Gasteiger partial charge in [0.15, 0.2) is 0 Å². The van der Waals surface area contributed by atoms with Gasteiger partial charge >= 0.3 is 6.09 Å². The molecule has 156 valence electrons. The minimum Gasteiger partial charge on any atom is -0.444 e. The summed E-state index contributed by atoms with van der Waals surface area (Å²) in [6, 6.07) is 5.74. The highest BCUT2D eigenvalue weighted by Gasteiger charge is 2.33. The van der Waals surface area contributed by atoms with Crippen LogP contribution in [0.3, 0.4) is 0 Å². The molecule has 1 aromatic carbocycles. The Morgan fingerprint density at radius 3 is 2.34 bits per heavy atom. The minimum atomic E-state index is -0.953. The van der Waals surface area contributed by atoms with E-state index >= 15 is 0 Å². The number of fused-ring (bicyclic) bond motifs is 1. The lowest BCUT2D eigenvalue weighted by molar-refractivity contribution is -0.135. The fourth-order valence-corrected chi connectivity index (χ4v) is 3.22. The van der Waals surface area contributed by atoms with E-state index in [4.69, 9.17) is 4.74 Å². The molecule has 0 bridgehead atoms. The van der Waals surface area contributed by atoms with Crippen molar-refractivity contribution in [2.75, 3.05) is 31.5 Å². The van der Waals surface area contributed by atoms with Crippen LogP contribution in [0.5, 0.6) is 0 Å². The number of anilines is 1. The van der Waals surface area contributed by atoms with Crippen molar-refractivity contribution in [2.24, 2.45) is 0 Å². The Morgan fingerprint density at radius 2 is 1.69 bits per heavy atom. The van der Waals surface area contributed by atoms with Gasteiger partial charge in [-0.1, -0.05) is 12.1 Å². The molecule has 1 fully saturated rings. The zero-order valence-electron chi connectivity index (χ0n) is 16.9. The lowest BCUT2D eigenvalue weighted by Crippen LogP contribution is -2.53. The molecule has 0 saturated carbocycles. The predicted molar refractivity (Wildman–Crippen MR) is 105 cm³/mol. The van der Waals surface area contributed by atoms with E-state index in [0.717, 1.165) is 0 Å². The van der Waals surface area contributed by atoms with E-state index in [2.05, 4.69) is 10.6 Å². The van der Waals surface area contributed by atoms with Gasteiger partial charge in [0.2, 0.25) is 11.8 Å². The summed E-state index contributed by atoms with van der Waals surface area (Å²) < 4.78 is 5.35. The summed E-state index contributed by atoms with van der Waals surface area (Å²) in [5.74, 6) is -1.07. The van der Waals surface area contributed by atoms with E-state index in [1.54, 1.807) is 54.8 Å². The smallest absolute Gasteiger partial charge is 0.410 e. The third-order valence-corrected chi connectivity index (χ3v) is 4.71. The van der Waals surface area contributed by atoms with Crippen LogP contribution in [-0.2, 0) is 14.3 Å². The number of rotatable bonds is 2. The standard InChI is InChI=1S/C20H26N4O5/c1-20(2,3)29-19(28)24-10-8-23(9-11-24)16(25)12-15-18(27)21-14-7-5-4-6-13(14)17(26)22-15/h4-7,15H,8-12H2,1-3H3,(H,21,27)(H,22,26). The molecule has 0 spiro atoms. The van der Waals surface area contributed by atoms with Crippen LogP contribution in [0.1, 0.15) is 37.6 Å². The fraction of sp³-hybridized carbons (Fsp3) is 0.500. The Kier molecular flexibility index (Phi) is 5.76. The van der Waals surface area contributed by atoms with Gasteiger partial charge in [-0.2, -0.15) is 0 Å². The zero-order chi connectivity index (χ0) is 21.2. The van der Waals surface area contributed by atoms with Crippen molar-refractivity contribution in [1.29, 1.82) is 0 Å². The van der Waals surface area contributed by atoms with Crippen molar-refractivity contribution >= 4 is 29.5 Å². The van der Waals surface area contributed by atoms with Crippen molar-refractivity contribution in [2.45, 2.75) is 38.8 Å². The number of para-hydroxylation sites is 1. The molecule has 1 unspecified atom stereocenters.